The maximum atomic E-state index is 12.7. The zero-order chi connectivity index (χ0) is 19.8. The summed E-state index contributed by atoms with van der Waals surface area (Å²) in [5.41, 5.74) is 0.529. The Balaban J connectivity index is 2.15. The Labute approximate surface area is 151 Å². The van der Waals surface area contributed by atoms with E-state index in [4.69, 9.17) is 13.9 Å². The Kier molecular flexibility index (Phi) is 4.69. The number of ether oxygens (including phenoxy) is 2. The molecule has 0 saturated heterocycles. The number of Topliss-reactive ketones (excluding diaryl/α,β-unsaturated/α-hetero) is 1. The van der Waals surface area contributed by atoms with Crippen molar-refractivity contribution in [3.63, 3.8) is 0 Å². The minimum Gasteiger partial charge on any atom is -0.493 e. The van der Waals surface area contributed by atoms with E-state index in [2.05, 4.69) is 0 Å². The number of hydrogen-bond acceptors (Lipinski definition) is 5. The first kappa shape index (κ1) is 18.6. The van der Waals surface area contributed by atoms with Crippen molar-refractivity contribution in [2.45, 2.75) is 12.7 Å². The van der Waals surface area contributed by atoms with E-state index in [1.165, 1.54) is 31.0 Å². The second-order valence-electron chi connectivity index (χ2n) is 5.61. The van der Waals surface area contributed by atoms with Gasteiger partial charge in [-0.25, -0.2) is 0 Å². The summed E-state index contributed by atoms with van der Waals surface area (Å²) in [7, 11) is 2.80. The number of carbonyl (C=O) groups excluding carboxylic acids is 2. The van der Waals surface area contributed by atoms with Gasteiger partial charge in [0.2, 0.25) is 11.5 Å². The first-order valence-corrected chi connectivity index (χ1v) is 7.69. The molecular formula is C18H14F3NO5. The molecule has 0 aliphatic rings. The number of benzene rings is 1. The molecule has 0 spiro atoms. The van der Waals surface area contributed by atoms with E-state index in [-0.39, 0.29) is 29.9 Å². The van der Waals surface area contributed by atoms with Crippen LogP contribution >= 0.6 is 0 Å². The van der Waals surface area contributed by atoms with Crippen LogP contribution in [0.2, 0.25) is 0 Å². The van der Waals surface area contributed by atoms with Gasteiger partial charge in [0, 0.05) is 6.20 Å². The molecule has 142 valence electrons. The van der Waals surface area contributed by atoms with Gasteiger partial charge in [0.25, 0.3) is 0 Å². The lowest BCUT2D eigenvalue weighted by molar-refractivity contribution is -0.153. The fraction of sp³-hybridized carbons (Fsp3) is 0.222. The van der Waals surface area contributed by atoms with E-state index in [0.29, 0.717) is 16.7 Å². The van der Waals surface area contributed by atoms with E-state index >= 15 is 0 Å². The highest BCUT2D eigenvalue weighted by molar-refractivity contribution is 6.36. The zero-order valence-corrected chi connectivity index (χ0v) is 14.3. The van der Waals surface area contributed by atoms with Crippen LogP contribution in [0.4, 0.5) is 13.2 Å². The Hall–Kier alpha value is -3.23. The Morgan fingerprint density at radius 2 is 1.93 bits per heavy atom. The molecule has 2 aromatic heterocycles. The van der Waals surface area contributed by atoms with E-state index in [1.54, 1.807) is 12.1 Å². The first-order valence-electron chi connectivity index (χ1n) is 7.69. The lowest BCUT2D eigenvalue weighted by Crippen LogP contribution is -2.03. The second kappa shape index (κ2) is 6.82. The zero-order valence-electron chi connectivity index (χ0n) is 14.3. The van der Waals surface area contributed by atoms with Gasteiger partial charge in [-0.3, -0.25) is 9.59 Å². The molecule has 0 saturated carbocycles. The van der Waals surface area contributed by atoms with E-state index in [9.17, 15) is 22.8 Å². The van der Waals surface area contributed by atoms with E-state index in [1.807, 2.05) is 0 Å². The maximum absolute atomic E-state index is 12.7. The highest BCUT2D eigenvalue weighted by atomic mass is 19.4. The molecule has 3 rings (SSSR count). The number of fused-ring (bicyclic) bond motifs is 1. The molecule has 0 atom stereocenters. The Morgan fingerprint density at radius 3 is 2.48 bits per heavy atom. The van der Waals surface area contributed by atoms with Crippen molar-refractivity contribution >= 4 is 23.0 Å². The molecule has 9 heteroatoms. The first-order chi connectivity index (χ1) is 12.8. The van der Waals surface area contributed by atoms with Crippen molar-refractivity contribution in [1.29, 1.82) is 0 Å². The van der Waals surface area contributed by atoms with Crippen LogP contribution in [0, 0.1) is 0 Å². The summed E-state index contributed by atoms with van der Waals surface area (Å²) in [6, 6.07) is 5.25. The van der Waals surface area contributed by atoms with Gasteiger partial charge in [0.1, 0.15) is 5.76 Å². The van der Waals surface area contributed by atoms with Crippen LogP contribution in [0.25, 0.3) is 10.9 Å². The molecule has 0 radical (unpaired) electrons. The largest absolute Gasteiger partial charge is 0.493 e. The van der Waals surface area contributed by atoms with Crippen molar-refractivity contribution in [1.82, 2.24) is 4.57 Å². The molecular weight excluding hydrogens is 367 g/mol. The van der Waals surface area contributed by atoms with Gasteiger partial charge in [-0.2, -0.15) is 13.2 Å². The second-order valence-corrected chi connectivity index (χ2v) is 5.61. The molecule has 1 aromatic carbocycles. The molecule has 0 aliphatic heterocycles. The fourth-order valence-electron chi connectivity index (χ4n) is 2.87. The number of halogens is 3. The number of ketones is 1. The topological polar surface area (TPSA) is 70.7 Å². The van der Waals surface area contributed by atoms with Crippen LogP contribution in [0.15, 0.2) is 34.9 Å². The third-order valence-corrected chi connectivity index (χ3v) is 4.03. The lowest BCUT2D eigenvalue weighted by atomic mass is 10.1. The third kappa shape index (κ3) is 3.27. The van der Waals surface area contributed by atoms with Crippen molar-refractivity contribution in [2.75, 3.05) is 14.2 Å². The van der Waals surface area contributed by atoms with Gasteiger partial charge >= 0.3 is 6.18 Å². The molecule has 0 amide bonds. The molecule has 0 N–H and O–H groups in total. The number of aromatic nitrogens is 1. The van der Waals surface area contributed by atoms with E-state index < -0.39 is 17.7 Å². The van der Waals surface area contributed by atoms with E-state index in [0.717, 1.165) is 6.07 Å². The smallest absolute Gasteiger partial charge is 0.449 e. The number of carbonyl (C=O) groups is 2. The lowest BCUT2D eigenvalue weighted by Gasteiger charge is -2.10. The molecule has 0 unspecified atom stereocenters. The van der Waals surface area contributed by atoms with Gasteiger partial charge in [0.05, 0.1) is 37.2 Å². The maximum Gasteiger partial charge on any atom is 0.449 e. The van der Waals surface area contributed by atoms with Gasteiger partial charge in [0.15, 0.2) is 17.8 Å². The number of methoxy groups -OCH3 is 2. The minimum atomic E-state index is -4.59. The monoisotopic (exact) mass is 381 g/mol. The molecule has 6 nitrogen and oxygen atoms in total. The number of alkyl halides is 3. The average molecular weight is 381 g/mol. The summed E-state index contributed by atoms with van der Waals surface area (Å²) in [6.45, 7) is -0.0752. The molecule has 3 aromatic rings. The van der Waals surface area contributed by atoms with Crippen LogP contribution in [-0.4, -0.2) is 30.9 Å². The number of hydrogen-bond donors (Lipinski definition) is 0. The molecule has 0 aliphatic carbocycles. The van der Waals surface area contributed by atoms with Crippen LogP contribution in [0.1, 0.15) is 21.9 Å². The molecule has 0 bridgehead atoms. The molecule has 0 fully saturated rings. The Bertz CT molecular complexity index is 1020. The van der Waals surface area contributed by atoms with Gasteiger partial charge in [-0.1, -0.05) is 0 Å². The number of rotatable bonds is 6. The highest BCUT2D eigenvalue weighted by Crippen LogP contribution is 2.39. The summed E-state index contributed by atoms with van der Waals surface area (Å²) >= 11 is 0. The normalized spacial score (nSPS) is 11.6. The van der Waals surface area contributed by atoms with Crippen molar-refractivity contribution < 1.29 is 36.7 Å². The highest BCUT2D eigenvalue weighted by Gasteiger charge is 2.34. The number of aldehydes is 1. The summed E-state index contributed by atoms with van der Waals surface area (Å²) in [6.07, 6.45) is -3.06. The van der Waals surface area contributed by atoms with Gasteiger partial charge in [-0.15, -0.1) is 0 Å². The van der Waals surface area contributed by atoms with Crippen molar-refractivity contribution in [2.24, 2.45) is 0 Å². The standard InChI is InChI=1S/C18H14F3NO5/c1-25-14-5-4-12-16(17(14)26-2)11(13(24)9-23)8-22(12)7-10-3-6-15(27-10)18(19,20)21/h3-6,8-9H,7H2,1-2H3. The number of nitrogens with zero attached hydrogens (tertiary/aromatic N) is 1. The summed E-state index contributed by atoms with van der Waals surface area (Å²) in [5.74, 6) is -1.27. The minimum absolute atomic E-state index is 0.0408. The summed E-state index contributed by atoms with van der Waals surface area (Å²) in [5, 5.41) is 0.330. The predicted octanol–water partition coefficient (Wildman–Crippen LogP) is 3.70. The SMILES string of the molecule is COc1ccc2c(c(C(=O)C=O)cn2Cc2ccc(C(F)(F)F)o2)c1OC. The Morgan fingerprint density at radius 1 is 1.19 bits per heavy atom. The quantitative estimate of drug-likeness (QED) is 0.370. The van der Waals surface area contributed by atoms with Gasteiger partial charge in [-0.05, 0) is 24.3 Å². The predicted molar refractivity (Wildman–Crippen MR) is 88.2 cm³/mol. The average Bonchev–Trinajstić information content (AvgIpc) is 3.25. The molecule has 2 heterocycles. The van der Waals surface area contributed by atoms with Crippen LogP contribution in [0.3, 0.4) is 0 Å². The third-order valence-electron chi connectivity index (χ3n) is 4.03. The van der Waals surface area contributed by atoms with Crippen molar-refractivity contribution in [3.8, 4) is 11.5 Å². The molecule has 27 heavy (non-hydrogen) atoms. The summed E-state index contributed by atoms with van der Waals surface area (Å²) in [4.78, 5) is 23.1. The van der Waals surface area contributed by atoms with Crippen molar-refractivity contribution in [3.05, 3.63) is 47.5 Å². The fourth-order valence-corrected chi connectivity index (χ4v) is 2.87. The van der Waals surface area contributed by atoms with Crippen LogP contribution < -0.4 is 9.47 Å². The number of furan rings is 1. The van der Waals surface area contributed by atoms with Crippen LogP contribution in [-0.2, 0) is 17.5 Å². The van der Waals surface area contributed by atoms with Gasteiger partial charge < -0.3 is 18.5 Å². The summed E-state index contributed by atoms with van der Waals surface area (Å²) < 4.78 is 55.0. The van der Waals surface area contributed by atoms with Crippen LogP contribution in [0.5, 0.6) is 11.5 Å².